The van der Waals surface area contributed by atoms with E-state index in [0.717, 1.165) is 22.4 Å². The molecule has 1 aliphatic carbocycles. The van der Waals surface area contributed by atoms with E-state index in [9.17, 15) is 8.78 Å². The number of nitrogens with zero attached hydrogens (tertiary/aromatic N) is 2. The van der Waals surface area contributed by atoms with Gasteiger partial charge in [-0.1, -0.05) is 0 Å². The van der Waals surface area contributed by atoms with Crippen molar-refractivity contribution < 1.29 is 8.78 Å². The first kappa shape index (κ1) is 11.7. The van der Waals surface area contributed by atoms with Crippen LogP contribution in [0.4, 0.5) is 8.78 Å². The van der Waals surface area contributed by atoms with Gasteiger partial charge in [-0.05, 0) is 18.9 Å². The standard InChI is InChI=1S/C13H12F2N2S/c1-13(14,15)10-4-9(5-16-6-10)11-7-17-12(18-11)8-2-3-8/h4-8H,2-3H2,1H3. The Balaban J connectivity index is 1.95. The highest BCUT2D eigenvalue weighted by Gasteiger charge is 2.28. The van der Waals surface area contributed by atoms with E-state index in [1.165, 1.54) is 25.1 Å². The maximum atomic E-state index is 13.2. The summed E-state index contributed by atoms with van der Waals surface area (Å²) in [4.78, 5) is 9.16. The van der Waals surface area contributed by atoms with E-state index in [2.05, 4.69) is 9.97 Å². The Labute approximate surface area is 108 Å². The summed E-state index contributed by atoms with van der Waals surface area (Å²) in [5, 5.41) is 1.11. The van der Waals surface area contributed by atoms with Crippen LogP contribution < -0.4 is 0 Å². The van der Waals surface area contributed by atoms with Gasteiger partial charge in [-0.3, -0.25) is 4.98 Å². The van der Waals surface area contributed by atoms with Crippen LogP contribution in [0.3, 0.4) is 0 Å². The summed E-state index contributed by atoms with van der Waals surface area (Å²) in [6, 6.07) is 1.50. The molecule has 2 heterocycles. The van der Waals surface area contributed by atoms with Crippen LogP contribution in [0.15, 0.2) is 24.7 Å². The Kier molecular flexibility index (Phi) is 2.66. The number of thiazole rings is 1. The van der Waals surface area contributed by atoms with Gasteiger partial charge in [0.2, 0.25) is 0 Å². The quantitative estimate of drug-likeness (QED) is 0.832. The first-order valence-electron chi connectivity index (χ1n) is 5.83. The molecule has 2 aromatic heterocycles. The van der Waals surface area contributed by atoms with Gasteiger partial charge < -0.3 is 0 Å². The highest BCUT2D eigenvalue weighted by Crippen LogP contribution is 2.43. The molecular weight excluding hydrogens is 254 g/mol. The monoisotopic (exact) mass is 266 g/mol. The highest BCUT2D eigenvalue weighted by atomic mass is 32.1. The molecular formula is C13H12F2N2S. The van der Waals surface area contributed by atoms with E-state index in [-0.39, 0.29) is 5.56 Å². The zero-order chi connectivity index (χ0) is 12.8. The first-order valence-corrected chi connectivity index (χ1v) is 6.65. The zero-order valence-corrected chi connectivity index (χ0v) is 10.7. The Hall–Kier alpha value is -1.36. The molecule has 1 saturated carbocycles. The van der Waals surface area contributed by atoms with Gasteiger partial charge in [-0.25, -0.2) is 13.8 Å². The van der Waals surface area contributed by atoms with Crippen LogP contribution in [0.25, 0.3) is 10.4 Å². The van der Waals surface area contributed by atoms with Crippen LogP contribution in [-0.4, -0.2) is 9.97 Å². The van der Waals surface area contributed by atoms with Crippen molar-refractivity contribution in [3.8, 4) is 10.4 Å². The molecule has 94 valence electrons. The largest absolute Gasteiger partial charge is 0.272 e. The fraction of sp³-hybridized carbons (Fsp3) is 0.385. The summed E-state index contributed by atoms with van der Waals surface area (Å²) in [6.45, 7) is 0.885. The molecule has 0 atom stereocenters. The number of rotatable bonds is 3. The highest BCUT2D eigenvalue weighted by molar-refractivity contribution is 7.15. The SMILES string of the molecule is CC(F)(F)c1cncc(-c2cnc(C3CC3)s2)c1. The van der Waals surface area contributed by atoms with Crippen molar-refractivity contribution in [2.24, 2.45) is 0 Å². The molecule has 5 heteroatoms. The summed E-state index contributed by atoms with van der Waals surface area (Å²) < 4.78 is 26.5. The molecule has 0 bridgehead atoms. The van der Waals surface area contributed by atoms with Crippen LogP contribution in [-0.2, 0) is 5.92 Å². The Morgan fingerprint density at radius 3 is 2.72 bits per heavy atom. The second-order valence-electron chi connectivity index (χ2n) is 4.69. The number of hydrogen-bond donors (Lipinski definition) is 0. The van der Waals surface area contributed by atoms with Gasteiger partial charge in [0, 0.05) is 42.6 Å². The molecule has 0 radical (unpaired) electrons. The van der Waals surface area contributed by atoms with Crippen molar-refractivity contribution in [2.45, 2.75) is 31.6 Å². The molecule has 2 aromatic rings. The third-order valence-corrected chi connectivity index (χ3v) is 4.19. The van der Waals surface area contributed by atoms with Gasteiger partial charge in [0.1, 0.15) is 0 Å². The Bertz CT molecular complexity index is 570. The normalized spacial score (nSPS) is 15.9. The molecule has 0 N–H and O–H groups in total. The van der Waals surface area contributed by atoms with Crippen LogP contribution >= 0.6 is 11.3 Å². The van der Waals surface area contributed by atoms with Crippen LogP contribution in [0, 0.1) is 0 Å². The van der Waals surface area contributed by atoms with Crippen LogP contribution in [0.2, 0.25) is 0 Å². The van der Waals surface area contributed by atoms with Crippen molar-refractivity contribution in [1.82, 2.24) is 9.97 Å². The van der Waals surface area contributed by atoms with E-state index >= 15 is 0 Å². The fourth-order valence-electron chi connectivity index (χ4n) is 1.75. The second-order valence-corrected chi connectivity index (χ2v) is 5.75. The maximum absolute atomic E-state index is 13.2. The van der Waals surface area contributed by atoms with Crippen molar-refractivity contribution in [1.29, 1.82) is 0 Å². The Morgan fingerprint density at radius 1 is 1.28 bits per heavy atom. The van der Waals surface area contributed by atoms with Gasteiger partial charge in [0.25, 0.3) is 5.92 Å². The molecule has 0 amide bonds. The first-order chi connectivity index (χ1) is 8.54. The third-order valence-electron chi connectivity index (χ3n) is 2.98. The van der Waals surface area contributed by atoms with Crippen LogP contribution in [0.1, 0.15) is 36.3 Å². The van der Waals surface area contributed by atoms with E-state index < -0.39 is 5.92 Å². The number of aromatic nitrogens is 2. The lowest BCUT2D eigenvalue weighted by Crippen LogP contribution is -2.07. The molecule has 3 rings (SSSR count). The van der Waals surface area contributed by atoms with Crippen LogP contribution in [0.5, 0.6) is 0 Å². The minimum Gasteiger partial charge on any atom is -0.264 e. The molecule has 1 fully saturated rings. The van der Waals surface area contributed by atoms with Crippen molar-refractivity contribution in [2.75, 3.05) is 0 Å². The number of pyridine rings is 1. The summed E-state index contributed by atoms with van der Waals surface area (Å²) in [5.41, 5.74) is 0.666. The minimum atomic E-state index is -2.85. The average molecular weight is 266 g/mol. The summed E-state index contributed by atoms with van der Waals surface area (Å²) >= 11 is 1.58. The molecule has 2 nitrogen and oxygen atoms in total. The van der Waals surface area contributed by atoms with E-state index in [4.69, 9.17) is 0 Å². The van der Waals surface area contributed by atoms with Crippen molar-refractivity contribution in [3.05, 3.63) is 35.2 Å². The van der Waals surface area contributed by atoms with E-state index in [1.54, 1.807) is 23.7 Å². The van der Waals surface area contributed by atoms with Crippen molar-refractivity contribution in [3.63, 3.8) is 0 Å². The van der Waals surface area contributed by atoms with Crippen molar-refractivity contribution >= 4 is 11.3 Å². The average Bonchev–Trinajstić information content (AvgIpc) is 3.06. The molecule has 0 unspecified atom stereocenters. The molecule has 0 saturated heterocycles. The van der Waals surface area contributed by atoms with Gasteiger partial charge in [0.05, 0.1) is 9.88 Å². The zero-order valence-electron chi connectivity index (χ0n) is 9.86. The lowest BCUT2D eigenvalue weighted by Gasteiger charge is -2.10. The predicted molar refractivity (Wildman–Crippen MR) is 66.9 cm³/mol. The number of alkyl halides is 2. The Morgan fingerprint density at radius 2 is 2.06 bits per heavy atom. The lowest BCUT2D eigenvalue weighted by molar-refractivity contribution is 0.0172. The van der Waals surface area contributed by atoms with Gasteiger partial charge in [-0.2, -0.15) is 0 Å². The van der Waals surface area contributed by atoms with Gasteiger partial charge >= 0.3 is 0 Å². The minimum absolute atomic E-state index is 0.0543. The number of hydrogen-bond acceptors (Lipinski definition) is 3. The van der Waals surface area contributed by atoms with Gasteiger partial charge in [0.15, 0.2) is 0 Å². The van der Waals surface area contributed by atoms with E-state index in [0.29, 0.717) is 5.92 Å². The summed E-state index contributed by atoms with van der Waals surface area (Å²) in [5.74, 6) is -2.26. The molecule has 0 spiro atoms. The summed E-state index contributed by atoms with van der Waals surface area (Å²) in [6.07, 6.45) is 6.97. The topological polar surface area (TPSA) is 25.8 Å². The second kappa shape index (κ2) is 4.09. The lowest BCUT2D eigenvalue weighted by atomic mass is 10.1. The predicted octanol–water partition coefficient (Wildman–Crippen LogP) is 4.19. The summed E-state index contributed by atoms with van der Waals surface area (Å²) in [7, 11) is 0. The smallest absolute Gasteiger partial charge is 0.264 e. The van der Waals surface area contributed by atoms with Gasteiger partial charge in [-0.15, -0.1) is 11.3 Å². The molecule has 0 aliphatic heterocycles. The van der Waals surface area contributed by atoms with E-state index in [1.807, 2.05) is 0 Å². The maximum Gasteiger partial charge on any atom is 0.272 e. The molecule has 18 heavy (non-hydrogen) atoms. The third kappa shape index (κ3) is 2.27. The fourth-order valence-corrected chi connectivity index (χ4v) is 2.82. The number of halogens is 2. The molecule has 0 aromatic carbocycles. The molecule has 1 aliphatic rings.